The molecule has 0 aliphatic heterocycles. The van der Waals surface area contributed by atoms with Gasteiger partial charge in [-0.2, -0.15) is 0 Å². The lowest BCUT2D eigenvalue weighted by Gasteiger charge is -2.10. The summed E-state index contributed by atoms with van der Waals surface area (Å²) in [6, 6.07) is 10.6. The molecule has 4 nitrogen and oxygen atoms in total. The van der Waals surface area contributed by atoms with Crippen LogP contribution in [0.3, 0.4) is 0 Å². The van der Waals surface area contributed by atoms with E-state index < -0.39 is 0 Å². The minimum absolute atomic E-state index is 0.151. The molecule has 0 saturated carbocycles. The van der Waals surface area contributed by atoms with Gasteiger partial charge in [0.25, 0.3) is 0 Å². The SMILES string of the molecule is COc1ccc(Cl)cc1NC(=O)Cc1c[nH]c2cc(Cl)ccc12. The van der Waals surface area contributed by atoms with E-state index in [2.05, 4.69) is 10.3 Å². The molecule has 118 valence electrons. The Labute approximate surface area is 143 Å². The molecule has 23 heavy (non-hydrogen) atoms. The number of benzene rings is 2. The van der Waals surface area contributed by atoms with E-state index in [1.54, 1.807) is 31.4 Å². The van der Waals surface area contributed by atoms with Crippen molar-refractivity contribution in [3.8, 4) is 5.75 Å². The van der Waals surface area contributed by atoms with Crippen molar-refractivity contribution >= 4 is 45.7 Å². The first-order valence-electron chi connectivity index (χ1n) is 6.95. The Bertz CT molecular complexity index is 874. The number of H-pyrrole nitrogens is 1. The summed E-state index contributed by atoms with van der Waals surface area (Å²) in [7, 11) is 1.54. The Morgan fingerprint density at radius 1 is 1.17 bits per heavy atom. The highest BCUT2D eigenvalue weighted by Gasteiger charge is 2.12. The fraction of sp³-hybridized carbons (Fsp3) is 0.118. The van der Waals surface area contributed by atoms with E-state index >= 15 is 0 Å². The number of fused-ring (bicyclic) bond motifs is 1. The summed E-state index contributed by atoms with van der Waals surface area (Å²) < 4.78 is 5.23. The summed E-state index contributed by atoms with van der Waals surface area (Å²) in [5, 5.41) is 4.99. The molecule has 0 fully saturated rings. The third-order valence-corrected chi connectivity index (χ3v) is 3.99. The molecule has 2 N–H and O–H groups in total. The first kappa shape index (κ1) is 15.7. The highest BCUT2D eigenvalue weighted by atomic mass is 35.5. The molecule has 1 heterocycles. The molecule has 1 amide bonds. The number of aromatic nitrogens is 1. The lowest BCUT2D eigenvalue weighted by Crippen LogP contribution is -2.14. The summed E-state index contributed by atoms with van der Waals surface area (Å²) in [5.41, 5.74) is 2.35. The van der Waals surface area contributed by atoms with Gasteiger partial charge in [-0.15, -0.1) is 0 Å². The average Bonchev–Trinajstić information content (AvgIpc) is 2.89. The lowest BCUT2D eigenvalue weighted by molar-refractivity contribution is -0.115. The van der Waals surface area contributed by atoms with Crippen LogP contribution in [0.15, 0.2) is 42.6 Å². The molecular formula is C17H14Cl2N2O2. The zero-order chi connectivity index (χ0) is 16.4. The summed E-state index contributed by atoms with van der Waals surface area (Å²) >= 11 is 11.9. The Kier molecular flexibility index (Phi) is 4.46. The topological polar surface area (TPSA) is 54.1 Å². The number of anilines is 1. The molecule has 3 aromatic rings. The number of nitrogens with one attached hydrogen (secondary N) is 2. The van der Waals surface area contributed by atoms with Crippen LogP contribution in [0.5, 0.6) is 5.75 Å². The van der Waals surface area contributed by atoms with Crippen LogP contribution in [0.25, 0.3) is 10.9 Å². The number of carbonyl (C=O) groups is 1. The highest BCUT2D eigenvalue weighted by molar-refractivity contribution is 6.31. The molecule has 0 atom stereocenters. The second-order valence-electron chi connectivity index (χ2n) is 5.07. The molecule has 0 bridgehead atoms. The van der Waals surface area contributed by atoms with E-state index in [4.69, 9.17) is 27.9 Å². The lowest BCUT2D eigenvalue weighted by atomic mass is 10.1. The quantitative estimate of drug-likeness (QED) is 0.720. The molecule has 3 rings (SSSR count). The fourth-order valence-electron chi connectivity index (χ4n) is 2.45. The number of rotatable bonds is 4. The normalized spacial score (nSPS) is 10.7. The van der Waals surface area contributed by atoms with Crippen molar-refractivity contribution in [1.29, 1.82) is 0 Å². The minimum atomic E-state index is -0.151. The molecule has 6 heteroatoms. The van der Waals surface area contributed by atoms with Gasteiger partial charge in [0.15, 0.2) is 0 Å². The second-order valence-corrected chi connectivity index (χ2v) is 5.95. The van der Waals surface area contributed by atoms with E-state index in [1.807, 2.05) is 18.3 Å². The van der Waals surface area contributed by atoms with Crippen molar-refractivity contribution in [2.75, 3.05) is 12.4 Å². The summed E-state index contributed by atoms with van der Waals surface area (Å²) in [6.45, 7) is 0. The van der Waals surface area contributed by atoms with Gasteiger partial charge in [0, 0.05) is 27.1 Å². The number of carbonyl (C=O) groups excluding carboxylic acids is 1. The van der Waals surface area contributed by atoms with Crippen molar-refractivity contribution in [2.24, 2.45) is 0 Å². The van der Waals surface area contributed by atoms with Gasteiger partial charge in [-0.25, -0.2) is 0 Å². The Balaban J connectivity index is 1.80. The molecule has 0 radical (unpaired) electrons. The first-order chi connectivity index (χ1) is 11.1. The maximum atomic E-state index is 12.3. The van der Waals surface area contributed by atoms with Crippen LogP contribution in [0.1, 0.15) is 5.56 Å². The molecule has 1 aromatic heterocycles. The highest BCUT2D eigenvalue weighted by Crippen LogP contribution is 2.28. The molecular weight excluding hydrogens is 335 g/mol. The average molecular weight is 349 g/mol. The van der Waals surface area contributed by atoms with Crippen LogP contribution in [0, 0.1) is 0 Å². The largest absolute Gasteiger partial charge is 0.495 e. The fourth-order valence-corrected chi connectivity index (χ4v) is 2.79. The van der Waals surface area contributed by atoms with Crippen molar-refractivity contribution < 1.29 is 9.53 Å². The summed E-state index contributed by atoms with van der Waals surface area (Å²) in [6.07, 6.45) is 2.05. The maximum absolute atomic E-state index is 12.3. The number of hydrogen-bond acceptors (Lipinski definition) is 2. The molecule has 2 aromatic carbocycles. The third-order valence-electron chi connectivity index (χ3n) is 3.52. The number of amides is 1. The van der Waals surface area contributed by atoms with E-state index in [9.17, 15) is 4.79 Å². The Morgan fingerprint density at radius 2 is 1.91 bits per heavy atom. The number of aromatic amines is 1. The van der Waals surface area contributed by atoms with E-state index in [0.717, 1.165) is 16.5 Å². The van der Waals surface area contributed by atoms with Crippen molar-refractivity contribution in [1.82, 2.24) is 4.98 Å². The Morgan fingerprint density at radius 3 is 2.70 bits per heavy atom. The molecule has 0 spiro atoms. The van der Waals surface area contributed by atoms with E-state index in [-0.39, 0.29) is 12.3 Å². The molecule has 0 aliphatic carbocycles. The van der Waals surface area contributed by atoms with Gasteiger partial charge in [0.05, 0.1) is 19.2 Å². The molecule has 0 aliphatic rings. The second kappa shape index (κ2) is 6.52. The van der Waals surface area contributed by atoms with Crippen LogP contribution in [-0.4, -0.2) is 18.0 Å². The van der Waals surface area contributed by atoms with Crippen molar-refractivity contribution in [3.63, 3.8) is 0 Å². The first-order valence-corrected chi connectivity index (χ1v) is 7.71. The van der Waals surface area contributed by atoms with Crippen molar-refractivity contribution in [2.45, 2.75) is 6.42 Å². The van der Waals surface area contributed by atoms with E-state index in [0.29, 0.717) is 21.5 Å². The van der Waals surface area contributed by atoms with Gasteiger partial charge >= 0.3 is 0 Å². The van der Waals surface area contributed by atoms with Crippen molar-refractivity contribution in [3.05, 3.63) is 58.2 Å². The van der Waals surface area contributed by atoms with E-state index in [1.165, 1.54) is 0 Å². The van der Waals surface area contributed by atoms with Crippen LogP contribution >= 0.6 is 23.2 Å². The van der Waals surface area contributed by atoms with Gasteiger partial charge in [-0.3, -0.25) is 4.79 Å². The van der Waals surface area contributed by atoms with Gasteiger partial charge in [0.1, 0.15) is 5.75 Å². The van der Waals surface area contributed by atoms with Crippen LogP contribution in [0.4, 0.5) is 5.69 Å². The van der Waals surface area contributed by atoms with Crippen LogP contribution < -0.4 is 10.1 Å². The number of ether oxygens (including phenoxy) is 1. The predicted molar refractivity (Wildman–Crippen MR) is 93.6 cm³/mol. The number of methoxy groups -OCH3 is 1. The maximum Gasteiger partial charge on any atom is 0.228 e. The number of hydrogen-bond donors (Lipinski definition) is 2. The molecule has 0 unspecified atom stereocenters. The summed E-state index contributed by atoms with van der Waals surface area (Å²) in [5.74, 6) is 0.412. The van der Waals surface area contributed by atoms with Gasteiger partial charge in [0.2, 0.25) is 5.91 Å². The monoisotopic (exact) mass is 348 g/mol. The van der Waals surface area contributed by atoms with Gasteiger partial charge in [-0.1, -0.05) is 29.3 Å². The summed E-state index contributed by atoms with van der Waals surface area (Å²) in [4.78, 5) is 15.4. The predicted octanol–water partition coefficient (Wildman–Crippen LogP) is 4.66. The standard InChI is InChI=1S/C17H14Cl2N2O2/c1-23-16-5-3-12(19)8-15(16)21-17(22)6-10-9-20-14-7-11(18)2-4-13(10)14/h2-5,7-9,20H,6H2,1H3,(H,21,22). The smallest absolute Gasteiger partial charge is 0.228 e. The zero-order valence-corrected chi connectivity index (χ0v) is 13.8. The van der Waals surface area contributed by atoms with Crippen LogP contribution in [0.2, 0.25) is 10.0 Å². The molecule has 0 saturated heterocycles. The van der Waals surface area contributed by atoms with Gasteiger partial charge < -0.3 is 15.0 Å². The Hall–Kier alpha value is -2.17. The number of halogens is 2. The zero-order valence-electron chi connectivity index (χ0n) is 12.3. The minimum Gasteiger partial charge on any atom is -0.495 e. The third kappa shape index (κ3) is 3.44. The van der Waals surface area contributed by atoms with Crippen LogP contribution in [-0.2, 0) is 11.2 Å². The van der Waals surface area contributed by atoms with Gasteiger partial charge in [-0.05, 0) is 35.9 Å².